The molecule has 0 fully saturated rings. The third kappa shape index (κ3) is 4.24. The minimum atomic E-state index is -0.177. The number of benzene rings is 1. The van der Waals surface area contributed by atoms with Crippen molar-refractivity contribution in [1.82, 2.24) is 5.32 Å². The van der Waals surface area contributed by atoms with E-state index in [4.69, 9.17) is 5.73 Å². The van der Waals surface area contributed by atoms with Gasteiger partial charge in [0, 0.05) is 11.6 Å². The molecule has 0 spiro atoms. The maximum absolute atomic E-state index is 12.2. The highest BCUT2D eigenvalue weighted by molar-refractivity contribution is 5.94. The van der Waals surface area contributed by atoms with E-state index < -0.39 is 0 Å². The zero-order chi connectivity index (χ0) is 14.6. The molecular weight excluding hydrogens is 240 g/mol. The van der Waals surface area contributed by atoms with Gasteiger partial charge in [0.15, 0.2) is 0 Å². The first-order valence-corrected chi connectivity index (χ1v) is 6.56. The lowest BCUT2D eigenvalue weighted by atomic mass is 9.84. The van der Waals surface area contributed by atoms with E-state index in [1.165, 1.54) is 6.07 Å². The third-order valence-corrected chi connectivity index (χ3v) is 3.28. The number of carbonyl (C=O) groups is 1. The van der Waals surface area contributed by atoms with Crippen LogP contribution in [-0.4, -0.2) is 23.6 Å². The number of phenols is 1. The maximum atomic E-state index is 12.2. The molecule has 0 aliphatic rings. The fraction of sp³-hybridized carbons (Fsp3) is 0.533. The van der Waals surface area contributed by atoms with Crippen LogP contribution in [0.5, 0.6) is 5.75 Å². The van der Waals surface area contributed by atoms with Crippen LogP contribution in [0, 0.1) is 12.3 Å². The zero-order valence-electron chi connectivity index (χ0n) is 12.2. The summed E-state index contributed by atoms with van der Waals surface area (Å²) >= 11 is 0. The van der Waals surface area contributed by atoms with Gasteiger partial charge in [-0.15, -0.1) is 0 Å². The van der Waals surface area contributed by atoms with Crippen LogP contribution in [0.2, 0.25) is 0 Å². The molecule has 0 heterocycles. The van der Waals surface area contributed by atoms with Crippen molar-refractivity contribution in [3.05, 3.63) is 29.3 Å². The standard InChI is InChI=1S/C15H24N2O2/c1-10-5-6-11(9-12(10)18)14(19)17-13(7-8-16)15(2,3)4/h5-6,9,13,18H,7-8,16H2,1-4H3,(H,17,19). The molecule has 19 heavy (non-hydrogen) atoms. The highest BCUT2D eigenvalue weighted by Crippen LogP contribution is 2.23. The van der Waals surface area contributed by atoms with Crippen molar-refractivity contribution in [2.45, 2.75) is 40.2 Å². The smallest absolute Gasteiger partial charge is 0.251 e. The average molecular weight is 264 g/mol. The molecule has 0 saturated heterocycles. The Balaban J connectivity index is 2.84. The molecule has 0 aromatic heterocycles. The van der Waals surface area contributed by atoms with Gasteiger partial charge in [0.2, 0.25) is 0 Å². The average Bonchev–Trinajstić information content (AvgIpc) is 2.30. The second kappa shape index (κ2) is 6.06. The van der Waals surface area contributed by atoms with Crippen LogP contribution in [0.3, 0.4) is 0 Å². The quantitative estimate of drug-likeness (QED) is 0.780. The fourth-order valence-corrected chi connectivity index (χ4v) is 1.88. The Hall–Kier alpha value is -1.55. The van der Waals surface area contributed by atoms with Crippen LogP contribution in [-0.2, 0) is 0 Å². The molecule has 4 nitrogen and oxygen atoms in total. The molecule has 1 aromatic rings. The fourth-order valence-electron chi connectivity index (χ4n) is 1.88. The van der Waals surface area contributed by atoms with E-state index in [9.17, 15) is 9.90 Å². The summed E-state index contributed by atoms with van der Waals surface area (Å²) in [5.74, 6) is -0.0394. The Bertz CT molecular complexity index is 450. The van der Waals surface area contributed by atoms with Gasteiger partial charge in [0.1, 0.15) is 5.75 Å². The van der Waals surface area contributed by atoms with Gasteiger partial charge in [-0.2, -0.15) is 0 Å². The van der Waals surface area contributed by atoms with Crippen LogP contribution in [0.1, 0.15) is 43.1 Å². The Morgan fingerprint density at radius 2 is 2.05 bits per heavy atom. The predicted molar refractivity (Wildman–Crippen MR) is 77.2 cm³/mol. The van der Waals surface area contributed by atoms with E-state index >= 15 is 0 Å². The third-order valence-electron chi connectivity index (χ3n) is 3.28. The Morgan fingerprint density at radius 1 is 1.42 bits per heavy atom. The molecule has 1 atom stereocenters. The summed E-state index contributed by atoms with van der Waals surface area (Å²) in [5, 5.41) is 12.6. The van der Waals surface area contributed by atoms with Gasteiger partial charge in [-0.1, -0.05) is 26.8 Å². The first-order valence-electron chi connectivity index (χ1n) is 6.56. The van der Waals surface area contributed by atoms with Crippen LogP contribution in [0.4, 0.5) is 0 Å². The summed E-state index contributed by atoms with van der Waals surface area (Å²) in [6.07, 6.45) is 0.729. The van der Waals surface area contributed by atoms with Crippen molar-refractivity contribution in [1.29, 1.82) is 0 Å². The normalized spacial score (nSPS) is 13.1. The van der Waals surface area contributed by atoms with Crippen molar-refractivity contribution in [3.63, 3.8) is 0 Å². The lowest BCUT2D eigenvalue weighted by molar-refractivity contribution is 0.0898. The summed E-state index contributed by atoms with van der Waals surface area (Å²) in [6, 6.07) is 4.95. The van der Waals surface area contributed by atoms with E-state index in [1.807, 2.05) is 0 Å². The molecule has 0 radical (unpaired) electrons. The largest absolute Gasteiger partial charge is 0.508 e. The first-order chi connectivity index (χ1) is 8.75. The van der Waals surface area contributed by atoms with Gasteiger partial charge in [-0.25, -0.2) is 0 Å². The Morgan fingerprint density at radius 3 is 2.53 bits per heavy atom. The SMILES string of the molecule is Cc1ccc(C(=O)NC(CCN)C(C)(C)C)cc1O. The number of nitrogens with two attached hydrogens (primary N) is 1. The minimum Gasteiger partial charge on any atom is -0.508 e. The molecule has 106 valence electrons. The molecule has 0 saturated carbocycles. The van der Waals surface area contributed by atoms with Crippen LogP contribution >= 0.6 is 0 Å². The summed E-state index contributed by atoms with van der Waals surface area (Å²) in [7, 11) is 0. The number of amides is 1. The van der Waals surface area contributed by atoms with Gasteiger partial charge in [0.05, 0.1) is 0 Å². The summed E-state index contributed by atoms with van der Waals surface area (Å²) in [6.45, 7) is 8.53. The topological polar surface area (TPSA) is 75.4 Å². The molecular formula is C15H24N2O2. The van der Waals surface area contributed by atoms with Crippen molar-refractivity contribution < 1.29 is 9.90 Å². The predicted octanol–water partition coefficient (Wildman–Crippen LogP) is 2.19. The van der Waals surface area contributed by atoms with Crippen LogP contribution < -0.4 is 11.1 Å². The van der Waals surface area contributed by atoms with Crippen molar-refractivity contribution in [2.24, 2.45) is 11.1 Å². The van der Waals surface area contributed by atoms with Gasteiger partial charge in [-0.3, -0.25) is 4.79 Å². The van der Waals surface area contributed by atoms with Crippen LogP contribution in [0.25, 0.3) is 0 Å². The Labute approximate surface area is 115 Å². The van der Waals surface area contributed by atoms with E-state index in [0.29, 0.717) is 12.1 Å². The van der Waals surface area contributed by atoms with E-state index in [0.717, 1.165) is 12.0 Å². The molecule has 1 amide bonds. The van der Waals surface area contributed by atoms with Gasteiger partial charge >= 0.3 is 0 Å². The maximum Gasteiger partial charge on any atom is 0.251 e. The zero-order valence-corrected chi connectivity index (χ0v) is 12.2. The molecule has 0 aliphatic heterocycles. The second-order valence-electron chi connectivity index (χ2n) is 5.97. The molecule has 1 rings (SSSR count). The van der Waals surface area contributed by atoms with Crippen molar-refractivity contribution in [3.8, 4) is 5.75 Å². The highest BCUT2D eigenvalue weighted by atomic mass is 16.3. The van der Waals surface area contributed by atoms with Gasteiger partial charge in [-0.05, 0) is 43.0 Å². The molecule has 0 bridgehead atoms. The number of aryl methyl sites for hydroxylation is 1. The number of hydrogen-bond donors (Lipinski definition) is 3. The van der Waals surface area contributed by atoms with Gasteiger partial charge in [0.25, 0.3) is 5.91 Å². The number of nitrogens with one attached hydrogen (secondary N) is 1. The highest BCUT2D eigenvalue weighted by Gasteiger charge is 2.25. The lowest BCUT2D eigenvalue weighted by Gasteiger charge is -2.31. The summed E-state index contributed by atoms with van der Waals surface area (Å²) in [4.78, 5) is 12.2. The molecule has 4 N–H and O–H groups in total. The van der Waals surface area contributed by atoms with Crippen LogP contribution in [0.15, 0.2) is 18.2 Å². The number of carbonyl (C=O) groups excluding carboxylic acids is 1. The van der Waals surface area contributed by atoms with Gasteiger partial charge < -0.3 is 16.2 Å². The number of rotatable bonds is 4. The molecule has 0 aliphatic carbocycles. The second-order valence-corrected chi connectivity index (χ2v) is 5.97. The van der Waals surface area contributed by atoms with E-state index in [2.05, 4.69) is 26.1 Å². The number of phenolic OH excluding ortho intramolecular Hbond substituents is 1. The number of aromatic hydroxyl groups is 1. The molecule has 4 heteroatoms. The first kappa shape index (κ1) is 15.5. The number of hydrogen-bond acceptors (Lipinski definition) is 3. The minimum absolute atomic E-state index is 0.00782. The lowest BCUT2D eigenvalue weighted by Crippen LogP contribution is -2.44. The molecule has 1 unspecified atom stereocenters. The summed E-state index contributed by atoms with van der Waals surface area (Å²) < 4.78 is 0. The summed E-state index contributed by atoms with van der Waals surface area (Å²) in [5.41, 5.74) is 6.76. The van der Waals surface area contributed by atoms with E-state index in [-0.39, 0.29) is 23.1 Å². The van der Waals surface area contributed by atoms with Crippen molar-refractivity contribution in [2.75, 3.05) is 6.54 Å². The van der Waals surface area contributed by atoms with Crippen molar-refractivity contribution >= 4 is 5.91 Å². The Kier molecular flexibility index (Phi) is 4.95. The van der Waals surface area contributed by atoms with E-state index in [1.54, 1.807) is 19.1 Å². The monoisotopic (exact) mass is 264 g/mol. The molecule has 1 aromatic carbocycles.